The van der Waals surface area contributed by atoms with Crippen LogP contribution in [0.2, 0.25) is 0 Å². The Morgan fingerprint density at radius 3 is 2.40 bits per heavy atom. The Bertz CT molecular complexity index is 370. The van der Waals surface area contributed by atoms with Gasteiger partial charge in [-0.05, 0) is 6.92 Å². The third-order valence-corrected chi connectivity index (χ3v) is 4.13. The van der Waals surface area contributed by atoms with Crippen LogP contribution in [0, 0.1) is 0 Å². The van der Waals surface area contributed by atoms with Crippen molar-refractivity contribution in [2.45, 2.75) is 19.4 Å². The number of piperazine rings is 1. The Morgan fingerprint density at radius 1 is 1.30 bits per heavy atom. The van der Waals surface area contributed by atoms with Crippen molar-refractivity contribution in [1.29, 1.82) is 0 Å². The minimum Gasteiger partial charge on any atom is -0.481 e. The maximum atomic E-state index is 12.0. The smallest absolute Gasteiger partial charge is 0.317 e. The van der Waals surface area contributed by atoms with Gasteiger partial charge in [0.25, 0.3) is 0 Å². The summed E-state index contributed by atoms with van der Waals surface area (Å²) in [7, 11) is -0.927. The highest BCUT2D eigenvalue weighted by atomic mass is 32.2. The molecule has 0 aromatic heterocycles. The van der Waals surface area contributed by atoms with Crippen molar-refractivity contribution < 1.29 is 18.9 Å². The molecule has 1 heterocycles. The summed E-state index contributed by atoms with van der Waals surface area (Å²) in [5.74, 6) is -0.351. The highest BCUT2D eigenvalue weighted by molar-refractivity contribution is 7.84. The molecule has 2 amide bonds. The summed E-state index contributed by atoms with van der Waals surface area (Å²) in [5.41, 5.74) is 0. The third kappa shape index (κ3) is 6.33. The summed E-state index contributed by atoms with van der Waals surface area (Å²) in [6.45, 7) is 4.92. The zero-order valence-corrected chi connectivity index (χ0v) is 12.8. The zero-order chi connectivity index (χ0) is 15.1. The van der Waals surface area contributed by atoms with E-state index in [4.69, 9.17) is 5.11 Å². The van der Waals surface area contributed by atoms with Gasteiger partial charge in [0.15, 0.2) is 0 Å². The molecule has 0 spiro atoms. The maximum absolute atomic E-state index is 12.0. The Morgan fingerprint density at radius 2 is 1.90 bits per heavy atom. The van der Waals surface area contributed by atoms with E-state index in [9.17, 15) is 13.8 Å². The number of amides is 2. The molecule has 2 unspecified atom stereocenters. The number of rotatable bonds is 6. The van der Waals surface area contributed by atoms with Crippen LogP contribution in [-0.4, -0.2) is 81.9 Å². The molecule has 1 saturated heterocycles. The molecule has 20 heavy (non-hydrogen) atoms. The fraction of sp³-hybridized carbons (Fsp3) is 0.833. The number of urea groups is 1. The molecule has 0 aliphatic carbocycles. The number of hydrogen-bond donors (Lipinski definition) is 2. The highest BCUT2D eigenvalue weighted by Crippen LogP contribution is 2.03. The van der Waals surface area contributed by atoms with Crippen LogP contribution in [0.4, 0.5) is 4.79 Å². The predicted octanol–water partition coefficient (Wildman–Crippen LogP) is -0.445. The second-order valence-electron chi connectivity index (χ2n) is 5.06. The lowest BCUT2D eigenvalue weighted by atomic mass is 10.3. The van der Waals surface area contributed by atoms with Crippen LogP contribution in [0.1, 0.15) is 13.3 Å². The monoisotopic (exact) mass is 305 g/mol. The van der Waals surface area contributed by atoms with Crippen LogP contribution in [0.25, 0.3) is 0 Å². The molecule has 0 saturated carbocycles. The van der Waals surface area contributed by atoms with Gasteiger partial charge in [-0.3, -0.25) is 13.9 Å². The van der Waals surface area contributed by atoms with Crippen molar-refractivity contribution in [3.05, 3.63) is 0 Å². The van der Waals surface area contributed by atoms with Crippen molar-refractivity contribution in [2.75, 3.05) is 44.7 Å². The molecule has 0 bridgehead atoms. The fourth-order valence-corrected chi connectivity index (χ4v) is 2.91. The van der Waals surface area contributed by atoms with E-state index < -0.39 is 16.8 Å². The van der Waals surface area contributed by atoms with Crippen LogP contribution in [0.15, 0.2) is 0 Å². The topological polar surface area (TPSA) is 90.0 Å². The minimum absolute atomic E-state index is 0.113. The van der Waals surface area contributed by atoms with E-state index in [0.29, 0.717) is 38.5 Å². The van der Waals surface area contributed by atoms with Crippen LogP contribution in [0.5, 0.6) is 0 Å². The number of nitrogens with one attached hydrogen (secondary N) is 1. The van der Waals surface area contributed by atoms with E-state index in [2.05, 4.69) is 5.32 Å². The predicted molar refractivity (Wildman–Crippen MR) is 77.2 cm³/mol. The van der Waals surface area contributed by atoms with E-state index in [0.717, 1.165) is 0 Å². The standard InChI is InChI=1S/C12H23N3O4S/c1-10(9-20(2)19)13-12(18)15-7-5-14(6-8-15)4-3-11(16)17/h10H,3-9H2,1-2H3,(H,13,18)(H,16,17). The van der Waals surface area contributed by atoms with Gasteiger partial charge in [-0.1, -0.05) is 0 Å². The van der Waals surface area contributed by atoms with Gasteiger partial charge in [0.1, 0.15) is 0 Å². The summed E-state index contributed by atoms with van der Waals surface area (Å²) >= 11 is 0. The molecule has 0 aromatic rings. The van der Waals surface area contributed by atoms with E-state index >= 15 is 0 Å². The second kappa shape index (κ2) is 8.21. The van der Waals surface area contributed by atoms with Gasteiger partial charge in [0.2, 0.25) is 0 Å². The average molecular weight is 305 g/mol. The molecule has 1 aliphatic heterocycles. The first-order valence-corrected chi connectivity index (χ1v) is 8.41. The van der Waals surface area contributed by atoms with Crippen molar-refractivity contribution >= 4 is 22.8 Å². The quantitative estimate of drug-likeness (QED) is 0.694. The maximum Gasteiger partial charge on any atom is 0.317 e. The molecule has 1 aliphatic rings. The number of hydrogen-bond acceptors (Lipinski definition) is 4. The van der Waals surface area contributed by atoms with Gasteiger partial charge in [0.05, 0.1) is 6.42 Å². The van der Waals surface area contributed by atoms with Gasteiger partial charge in [0, 0.05) is 61.6 Å². The SMILES string of the molecule is CC(CS(C)=O)NC(=O)N1CCN(CCC(=O)O)CC1. The molecule has 8 heteroatoms. The van der Waals surface area contributed by atoms with E-state index in [1.54, 1.807) is 11.2 Å². The Hall–Kier alpha value is -1.15. The Kier molecular flexibility index (Phi) is 6.94. The average Bonchev–Trinajstić information content (AvgIpc) is 2.35. The van der Waals surface area contributed by atoms with Crippen molar-refractivity contribution in [3.8, 4) is 0 Å². The normalized spacial score (nSPS) is 19.4. The van der Waals surface area contributed by atoms with E-state index in [1.165, 1.54) is 0 Å². The Balaban J connectivity index is 2.28. The highest BCUT2D eigenvalue weighted by Gasteiger charge is 2.22. The number of carbonyl (C=O) groups is 2. The minimum atomic E-state index is -0.927. The summed E-state index contributed by atoms with van der Waals surface area (Å²) in [6, 6.07) is -0.251. The van der Waals surface area contributed by atoms with Gasteiger partial charge >= 0.3 is 12.0 Å². The molecule has 2 atom stereocenters. The summed E-state index contributed by atoms with van der Waals surface area (Å²) < 4.78 is 11.1. The zero-order valence-electron chi connectivity index (χ0n) is 12.0. The van der Waals surface area contributed by atoms with Gasteiger partial charge in [-0.2, -0.15) is 0 Å². The van der Waals surface area contributed by atoms with Crippen LogP contribution < -0.4 is 5.32 Å². The molecule has 7 nitrogen and oxygen atoms in total. The van der Waals surface area contributed by atoms with Crippen LogP contribution in [-0.2, 0) is 15.6 Å². The number of carboxylic acid groups (broad SMARTS) is 1. The number of carbonyl (C=O) groups excluding carboxylic acids is 1. The third-order valence-electron chi connectivity index (χ3n) is 3.16. The first kappa shape index (κ1) is 16.9. The molecule has 116 valence electrons. The van der Waals surface area contributed by atoms with E-state index in [1.807, 2.05) is 11.8 Å². The molecular weight excluding hydrogens is 282 g/mol. The largest absolute Gasteiger partial charge is 0.481 e. The molecule has 1 rings (SSSR count). The number of aliphatic carboxylic acids is 1. The lowest BCUT2D eigenvalue weighted by molar-refractivity contribution is -0.137. The second-order valence-corrected chi connectivity index (χ2v) is 6.54. The molecule has 0 radical (unpaired) electrons. The van der Waals surface area contributed by atoms with Crippen LogP contribution in [0.3, 0.4) is 0 Å². The lowest BCUT2D eigenvalue weighted by Crippen LogP contribution is -2.53. The molecule has 2 N–H and O–H groups in total. The van der Waals surface area contributed by atoms with Crippen molar-refractivity contribution in [3.63, 3.8) is 0 Å². The first-order valence-electron chi connectivity index (χ1n) is 6.68. The van der Waals surface area contributed by atoms with Crippen molar-refractivity contribution in [1.82, 2.24) is 15.1 Å². The summed E-state index contributed by atoms with van der Waals surface area (Å²) in [5, 5.41) is 11.5. The molecule has 0 aromatic carbocycles. The lowest BCUT2D eigenvalue weighted by Gasteiger charge is -2.35. The van der Waals surface area contributed by atoms with Gasteiger partial charge in [-0.15, -0.1) is 0 Å². The first-order chi connectivity index (χ1) is 9.38. The summed E-state index contributed by atoms with van der Waals surface area (Å²) in [4.78, 5) is 26.2. The fourth-order valence-electron chi connectivity index (χ4n) is 2.12. The number of nitrogens with zero attached hydrogens (tertiary/aromatic N) is 2. The van der Waals surface area contributed by atoms with Crippen LogP contribution >= 0.6 is 0 Å². The van der Waals surface area contributed by atoms with Crippen molar-refractivity contribution in [2.24, 2.45) is 0 Å². The van der Waals surface area contributed by atoms with E-state index in [-0.39, 0.29) is 18.5 Å². The summed E-state index contributed by atoms with van der Waals surface area (Å²) in [6.07, 6.45) is 1.75. The molecule has 1 fully saturated rings. The molecular formula is C12H23N3O4S. The number of carboxylic acids is 1. The van der Waals surface area contributed by atoms with Gasteiger partial charge < -0.3 is 15.3 Å². The Labute approximate surface area is 121 Å². The van der Waals surface area contributed by atoms with Gasteiger partial charge in [-0.25, -0.2) is 4.79 Å².